The average molecular weight is 361 g/mol. The summed E-state index contributed by atoms with van der Waals surface area (Å²) in [5.74, 6) is 0. The Bertz CT molecular complexity index is 694. The van der Waals surface area contributed by atoms with Crippen molar-refractivity contribution in [2.45, 2.75) is 18.0 Å². The van der Waals surface area contributed by atoms with Crippen molar-refractivity contribution in [1.29, 1.82) is 0 Å². The molecule has 3 aromatic carbocycles. The molecule has 0 saturated carbocycles. The molecule has 0 saturated heterocycles. The number of benzene rings is 3. The van der Waals surface area contributed by atoms with Crippen molar-refractivity contribution in [3.05, 3.63) is 108 Å². The van der Waals surface area contributed by atoms with E-state index in [-0.39, 0.29) is 12.6 Å². The standard InChI is InChI=1S/C24H27NO2/c1-27-18-17-23(19-26)25-24(20-11-5-2-6-12-20,21-13-7-3-8-14-21)22-15-9-4-10-16-22/h2-16,23,25-26H,17-19H2,1H3/t23-/m0/s1. The van der Waals surface area contributed by atoms with Crippen molar-refractivity contribution in [3.63, 3.8) is 0 Å². The van der Waals surface area contributed by atoms with Crippen LogP contribution in [0.1, 0.15) is 23.1 Å². The lowest BCUT2D eigenvalue weighted by atomic mass is 9.76. The average Bonchev–Trinajstić information content (AvgIpc) is 2.76. The van der Waals surface area contributed by atoms with Gasteiger partial charge in [-0.05, 0) is 23.1 Å². The van der Waals surface area contributed by atoms with Crippen LogP contribution in [0.4, 0.5) is 0 Å². The molecule has 3 heteroatoms. The Kier molecular flexibility index (Phi) is 6.77. The molecule has 3 aromatic rings. The second kappa shape index (κ2) is 9.47. The molecule has 3 nitrogen and oxygen atoms in total. The number of hydrogen-bond donors (Lipinski definition) is 2. The Labute approximate surface area is 161 Å². The highest BCUT2D eigenvalue weighted by Crippen LogP contribution is 2.37. The van der Waals surface area contributed by atoms with Crippen molar-refractivity contribution in [3.8, 4) is 0 Å². The van der Waals surface area contributed by atoms with E-state index in [0.717, 1.165) is 23.1 Å². The molecule has 0 aliphatic carbocycles. The van der Waals surface area contributed by atoms with Crippen LogP contribution in [0.5, 0.6) is 0 Å². The molecule has 27 heavy (non-hydrogen) atoms. The zero-order valence-corrected chi connectivity index (χ0v) is 15.7. The maximum atomic E-state index is 10.0. The summed E-state index contributed by atoms with van der Waals surface area (Å²) in [6.45, 7) is 0.629. The first-order valence-corrected chi connectivity index (χ1v) is 9.35. The quantitative estimate of drug-likeness (QED) is 0.567. The largest absolute Gasteiger partial charge is 0.395 e. The topological polar surface area (TPSA) is 41.5 Å². The van der Waals surface area contributed by atoms with Crippen LogP contribution >= 0.6 is 0 Å². The summed E-state index contributed by atoms with van der Waals surface area (Å²) >= 11 is 0. The Morgan fingerprint density at radius 3 is 1.52 bits per heavy atom. The number of aliphatic hydroxyl groups is 1. The van der Waals surface area contributed by atoms with Gasteiger partial charge in [-0.1, -0.05) is 91.0 Å². The molecule has 3 rings (SSSR count). The van der Waals surface area contributed by atoms with E-state index in [9.17, 15) is 5.11 Å². The Morgan fingerprint density at radius 2 is 1.19 bits per heavy atom. The lowest BCUT2D eigenvalue weighted by Crippen LogP contribution is -2.51. The zero-order valence-electron chi connectivity index (χ0n) is 15.7. The number of rotatable bonds is 9. The van der Waals surface area contributed by atoms with Crippen LogP contribution in [0.2, 0.25) is 0 Å². The number of methoxy groups -OCH3 is 1. The van der Waals surface area contributed by atoms with Crippen molar-refractivity contribution >= 4 is 0 Å². The van der Waals surface area contributed by atoms with Gasteiger partial charge in [0.25, 0.3) is 0 Å². The first kappa shape index (κ1) is 19.3. The molecule has 0 unspecified atom stereocenters. The number of aliphatic hydroxyl groups excluding tert-OH is 1. The van der Waals surface area contributed by atoms with Crippen molar-refractivity contribution < 1.29 is 9.84 Å². The molecule has 0 spiro atoms. The molecule has 0 aliphatic rings. The highest BCUT2D eigenvalue weighted by atomic mass is 16.5. The fourth-order valence-corrected chi connectivity index (χ4v) is 3.59. The van der Waals surface area contributed by atoms with Gasteiger partial charge in [0.2, 0.25) is 0 Å². The number of nitrogens with one attached hydrogen (secondary N) is 1. The van der Waals surface area contributed by atoms with Gasteiger partial charge < -0.3 is 9.84 Å². The maximum Gasteiger partial charge on any atom is 0.0950 e. The van der Waals surface area contributed by atoms with Crippen LogP contribution in [0.25, 0.3) is 0 Å². The molecule has 0 fully saturated rings. The van der Waals surface area contributed by atoms with Crippen molar-refractivity contribution in [2.75, 3.05) is 20.3 Å². The molecule has 0 heterocycles. The van der Waals surface area contributed by atoms with Crippen LogP contribution in [-0.2, 0) is 10.3 Å². The SMILES string of the molecule is COCC[C@@H](CO)NC(c1ccccc1)(c1ccccc1)c1ccccc1. The first-order valence-electron chi connectivity index (χ1n) is 9.35. The number of ether oxygens (including phenoxy) is 1. The summed E-state index contributed by atoms with van der Waals surface area (Å²) in [5.41, 5.74) is 2.85. The highest BCUT2D eigenvalue weighted by molar-refractivity contribution is 5.49. The van der Waals surface area contributed by atoms with Crippen LogP contribution < -0.4 is 5.32 Å². The monoisotopic (exact) mass is 361 g/mol. The molecule has 0 aliphatic heterocycles. The molecule has 0 radical (unpaired) electrons. The lowest BCUT2D eigenvalue weighted by Gasteiger charge is -2.40. The zero-order chi connectivity index (χ0) is 19.0. The Hall–Kier alpha value is -2.46. The summed E-state index contributed by atoms with van der Waals surface area (Å²) < 4.78 is 5.25. The summed E-state index contributed by atoms with van der Waals surface area (Å²) in [5, 5.41) is 13.8. The third-order valence-corrected chi connectivity index (χ3v) is 4.93. The van der Waals surface area contributed by atoms with Gasteiger partial charge in [0, 0.05) is 19.8 Å². The van der Waals surface area contributed by atoms with Gasteiger partial charge in [0.1, 0.15) is 0 Å². The second-order valence-corrected chi connectivity index (χ2v) is 6.65. The number of hydrogen-bond acceptors (Lipinski definition) is 3. The normalized spacial score (nSPS) is 12.7. The smallest absolute Gasteiger partial charge is 0.0950 e. The molecular formula is C24H27NO2. The van der Waals surface area contributed by atoms with E-state index < -0.39 is 5.54 Å². The van der Waals surface area contributed by atoms with Gasteiger partial charge >= 0.3 is 0 Å². The van der Waals surface area contributed by atoms with Gasteiger partial charge in [-0.15, -0.1) is 0 Å². The summed E-state index contributed by atoms with van der Waals surface area (Å²) in [6.07, 6.45) is 0.723. The molecular weight excluding hydrogens is 334 g/mol. The molecule has 0 amide bonds. The molecule has 0 bridgehead atoms. The molecule has 140 valence electrons. The van der Waals surface area contributed by atoms with E-state index in [4.69, 9.17) is 4.74 Å². The minimum absolute atomic E-state index is 0.0393. The lowest BCUT2D eigenvalue weighted by molar-refractivity contribution is 0.151. The summed E-state index contributed by atoms with van der Waals surface area (Å²) in [7, 11) is 1.69. The maximum absolute atomic E-state index is 10.0. The first-order chi connectivity index (χ1) is 13.3. The van der Waals surface area contributed by atoms with E-state index in [1.807, 2.05) is 18.2 Å². The Morgan fingerprint density at radius 1 is 0.778 bits per heavy atom. The third-order valence-electron chi connectivity index (χ3n) is 4.93. The van der Waals surface area contributed by atoms with Crippen LogP contribution in [0.15, 0.2) is 91.0 Å². The molecule has 0 aromatic heterocycles. The fraction of sp³-hybridized carbons (Fsp3) is 0.250. The van der Waals surface area contributed by atoms with E-state index >= 15 is 0 Å². The predicted molar refractivity (Wildman–Crippen MR) is 110 cm³/mol. The minimum Gasteiger partial charge on any atom is -0.395 e. The van der Waals surface area contributed by atoms with Gasteiger partial charge in [-0.25, -0.2) is 0 Å². The van der Waals surface area contributed by atoms with Gasteiger partial charge in [0.15, 0.2) is 0 Å². The van der Waals surface area contributed by atoms with Crippen LogP contribution in [0.3, 0.4) is 0 Å². The molecule has 1 atom stereocenters. The van der Waals surface area contributed by atoms with Gasteiger partial charge in [-0.3, -0.25) is 5.32 Å². The van der Waals surface area contributed by atoms with Gasteiger partial charge in [-0.2, -0.15) is 0 Å². The van der Waals surface area contributed by atoms with Crippen molar-refractivity contribution in [2.24, 2.45) is 0 Å². The predicted octanol–water partition coefficient (Wildman–Crippen LogP) is 3.97. The van der Waals surface area contributed by atoms with E-state index in [2.05, 4.69) is 78.1 Å². The third kappa shape index (κ3) is 4.28. The fourth-order valence-electron chi connectivity index (χ4n) is 3.59. The van der Waals surface area contributed by atoms with Crippen molar-refractivity contribution in [1.82, 2.24) is 5.32 Å². The van der Waals surface area contributed by atoms with Gasteiger partial charge in [0.05, 0.1) is 12.1 Å². The van der Waals surface area contributed by atoms with E-state index in [1.54, 1.807) is 7.11 Å². The highest BCUT2D eigenvalue weighted by Gasteiger charge is 2.37. The van der Waals surface area contributed by atoms with Crippen LogP contribution in [0, 0.1) is 0 Å². The molecule has 2 N–H and O–H groups in total. The minimum atomic E-state index is -0.565. The Balaban J connectivity index is 2.19. The van der Waals surface area contributed by atoms with E-state index in [1.165, 1.54) is 0 Å². The van der Waals surface area contributed by atoms with E-state index in [0.29, 0.717) is 6.61 Å². The van der Waals surface area contributed by atoms with Crippen LogP contribution in [-0.4, -0.2) is 31.5 Å². The summed E-state index contributed by atoms with van der Waals surface area (Å²) in [6, 6.07) is 31.1. The summed E-state index contributed by atoms with van der Waals surface area (Å²) in [4.78, 5) is 0. The second-order valence-electron chi connectivity index (χ2n) is 6.65.